The number of methoxy groups -OCH3 is 1. The molecule has 4 nitrogen and oxygen atoms in total. The van der Waals surface area contributed by atoms with E-state index in [2.05, 4.69) is 29.2 Å². The van der Waals surface area contributed by atoms with E-state index in [-0.39, 0.29) is 5.56 Å². The van der Waals surface area contributed by atoms with Crippen molar-refractivity contribution in [2.24, 2.45) is 0 Å². The van der Waals surface area contributed by atoms with Crippen molar-refractivity contribution >= 4 is 17.3 Å². The molecule has 0 unspecified atom stereocenters. The van der Waals surface area contributed by atoms with E-state index in [1.165, 1.54) is 18.4 Å². The number of fused-ring (bicyclic) bond motifs is 1. The molecule has 23 heavy (non-hydrogen) atoms. The van der Waals surface area contributed by atoms with Crippen LogP contribution in [-0.4, -0.2) is 24.7 Å². The zero-order chi connectivity index (χ0) is 16.4. The van der Waals surface area contributed by atoms with Gasteiger partial charge in [0.15, 0.2) is 0 Å². The Kier molecular flexibility index (Phi) is 4.24. The molecule has 0 atom stereocenters. The molecular weight excluding hydrogens is 290 g/mol. The number of aryl methyl sites for hydroxylation is 1. The highest BCUT2D eigenvalue weighted by atomic mass is 16.5. The van der Waals surface area contributed by atoms with Crippen molar-refractivity contribution in [3.05, 3.63) is 53.1 Å². The fourth-order valence-electron chi connectivity index (χ4n) is 3.35. The smallest absolute Gasteiger partial charge is 0.339 e. The molecule has 120 valence electrons. The Morgan fingerprint density at radius 3 is 2.65 bits per heavy atom. The minimum absolute atomic E-state index is 0.205. The molecule has 2 aromatic rings. The summed E-state index contributed by atoms with van der Waals surface area (Å²) in [5.74, 6) is -0.524. The summed E-state index contributed by atoms with van der Waals surface area (Å²) in [5, 5.41) is 9.33. The number of ether oxygens (including phenoxy) is 1. The molecule has 0 bridgehead atoms. The van der Waals surface area contributed by atoms with Crippen LogP contribution < -0.4 is 9.64 Å². The standard InChI is InChI=1S/C19H21NO3/c1-13-16(11-10-15(19(21)22)18(13)23-2)20-12-6-5-8-14-7-3-4-9-17(14)20/h3-4,7,9-11H,5-6,8,12H2,1-2H3,(H,21,22). The number of hydrogen-bond acceptors (Lipinski definition) is 3. The Labute approximate surface area is 136 Å². The lowest BCUT2D eigenvalue weighted by Gasteiger charge is -2.28. The Morgan fingerprint density at radius 2 is 1.91 bits per heavy atom. The Morgan fingerprint density at radius 1 is 1.13 bits per heavy atom. The van der Waals surface area contributed by atoms with Gasteiger partial charge in [0.2, 0.25) is 0 Å². The number of para-hydroxylation sites is 1. The number of aromatic carboxylic acids is 1. The number of nitrogens with zero attached hydrogens (tertiary/aromatic N) is 1. The molecule has 0 spiro atoms. The van der Waals surface area contributed by atoms with E-state index in [1.54, 1.807) is 6.07 Å². The van der Waals surface area contributed by atoms with E-state index in [1.807, 2.05) is 13.0 Å². The average molecular weight is 311 g/mol. The third-order valence-corrected chi connectivity index (χ3v) is 4.46. The molecule has 2 aromatic carbocycles. The summed E-state index contributed by atoms with van der Waals surface area (Å²) in [6.45, 7) is 2.85. The summed E-state index contributed by atoms with van der Waals surface area (Å²) in [7, 11) is 1.52. The molecule has 4 heteroatoms. The largest absolute Gasteiger partial charge is 0.495 e. The van der Waals surface area contributed by atoms with Crippen LogP contribution in [0.5, 0.6) is 5.75 Å². The number of rotatable bonds is 3. The van der Waals surface area contributed by atoms with Gasteiger partial charge in [-0.3, -0.25) is 0 Å². The second kappa shape index (κ2) is 6.32. The highest BCUT2D eigenvalue weighted by molar-refractivity contribution is 5.93. The lowest BCUT2D eigenvalue weighted by Crippen LogP contribution is -2.19. The molecule has 1 heterocycles. The second-order valence-electron chi connectivity index (χ2n) is 5.83. The van der Waals surface area contributed by atoms with Gasteiger partial charge in [-0.05, 0) is 49.9 Å². The van der Waals surface area contributed by atoms with Gasteiger partial charge >= 0.3 is 5.97 Å². The van der Waals surface area contributed by atoms with Crippen LogP contribution in [0.25, 0.3) is 0 Å². The van der Waals surface area contributed by atoms with Gasteiger partial charge in [0.1, 0.15) is 11.3 Å². The predicted octanol–water partition coefficient (Wildman–Crippen LogP) is 4.18. The summed E-state index contributed by atoms with van der Waals surface area (Å²) < 4.78 is 5.38. The predicted molar refractivity (Wildman–Crippen MR) is 91.1 cm³/mol. The first-order valence-corrected chi connectivity index (χ1v) is 7.90. The molecule has 1 N–H and O–H groups in total. The number of carboxylic acids is 1. The van der Waals surface area contributed by atoms with Crippen LogP contribution in [0.3, 0.4) is 0 Å². The highest BCUT2D eigenvalue weighted by Crippen LogP contribution is 2.38. The van der Waals surface area contributed by atoms with E-state index in [9.17, 15) is 9.90 Å². The van der Waals surface area contributed by atoms with Crippen molar-refractivity contribution < 1.29 is 14.6 Å². The van der Waals surface area contributed by atoms with Crippen molar-refractivity contribution in [2.75, 3.05) is 18.6 Å². The molecule has 0 aromatic heterocycles. The van der Waals surface area contributed by atoms with Crippen LogP contribution in [0.4, 0.5) is 11.4 Å². The van der Waals surface area contributed by atoms with Crippen molar-refractivity contribution in [1.82, 2.24) is 0 Å². The zero-order valence-electron chi connectivity index (χ0n) is 13.5. The third-order valence-electron chi connectivity index (χ3n) is 4.46. The maximum Gasteiger partial charge on any atom is 0.339 e. The molecular formula is C19H21NO3. The average Bonchev–Trinajstić information content (AvgIpc) is 2.77. The van der Waals surface area contributed by atoms with Gasteiger partial charge < -0.3 is 14.7 Å². The molecule has 1 aliphatic rings. The van der Waals surface area contributed by atoms with Crippen LogP contribution in [0, 0.1) is 6.92 Å². The molecule has 1 aliphatic heterocycles. The van der Waals surface area contributed by atoms with Crippen molar-refractivity contribution in [2.45, 2.75) is 26.2 Å². The van der Waals surface area contributed by atoms with Crippen LogP contribution in [0.15, 0.2) is 36.4 Å². The maximum atomic E-state index is 11.4. The van der Waals surface area contributed by atoms with Crippen LogP contribution in [-0.2, 0) is 6.42 Å². The number of anilines is 2. The van der Waals surface area contributed by atoms with Gasteiger partial charge in [-0.1, -0.05) is 18.2 Å². The molecule has 0 saturated heterocycles. The van der Waals surface area contributed by atoms with E-state index < -0.39 is 5.97 Å². The second-order valence-corrected chi connectivity index (χ2v) is 5.83. The fourth-order valence-corrected chi connectivity index (χ4v) is 3.35. The molecule has 0 amide bonds. The Hall–Kier alpha value is -2.49. The monoisotopic (exact) mass is 311 g/mol. The van der Waals surface area contributed by atoms with Gasteiger partial charge in [-0.15, -0.1) is 0 Å². The quantitative estimate of drug-likeness (QED) is 0.924. The summed E-state index contributed by atoms with van der Waals surface area (Å²) in [5.41, 5.74) is 4.63. The molecule has 0 aliphatic carbocycles. The maximum absolute atomic E-state index is 11.4. The number of hydrogen-bond donors (Lipinski definition) is 1. The van der Waals surface area contributed by atoms with Gasteiger partial charge in [-0.2, -0.15) is 0 Å². The normalized spacial score (nSPS) is 14.1. The SMILES string of the molecule is COc1c(C(=O)O)ccc(N2CCCCc3ccccc32)c1C. The van der Waals surface area contributed by atoms with Crippen molar-refractivity contribution in [3.8, 4) is 5.75 Å². The van der Waals surface area contributed by atoms with Gasteiger partial charge in [0, 0.05) is 23.5 Å². The first-order chi connectivity index (χ1) is 11.1. The van der Waals surface area contributed by atoms with Crippen LogP contribution in [0.2, 0.25) is 0 Å². The topological polar surface area (TPSA) is 49.8 Å². The summed E-state index contributed by atoms with van der Waals surface area (Å²) >= 11 is 0. The number of carboxylic acid groups (broad SMARTS) is 1. The minimum atomic E-state index is -0.965. The third kappa shape index (κ3) is 2.77. The molecule has 3 rings (SSSR count). The van der Waals surface area contributed by atoms with Gasteiger partial charge in [0.25, 0.3) is 0 Å². The van der Waals surface area contributed by atoms with Gasteiger partial charge in [0.05, 0.1) is 7.11 Å². The number of benzene rings is 2. The summed E-state index contributed by atoms with van der Waals surface area (Å²) in [4.78, 5) is 13.7. The Bertz CT molecular complexity index is 739. The summed E-state index contributed by atoms with van der Waals surface area (Å²) in [6.07, 6.45) is 3.35. The number of carbonyl (C=O) groups is 1. The first-order valence-electron chi connectivity index (χ1n) is 7.90. The fraction of sp³-hybridized carbons (Fsp3) is 0.316. The zero-order valence-corrected chi connectivity index (χ0v) is 13.5. The van der Waals surface area contributed by atoms with Gasteiger partial charge in [-0.25, -0.2) is 4.79 Å². The van der Waals surface area contributed by atoms with Crippen LogP contribution in [0.1, 0.15) is 34.3 Å². The van der Waals surface area contributed by atoms with E-state index in [0.717, 1.165) is 37.1 Å². The molecule has 0 fully saturated rings. The van der Waals surface area contributed by atoms with Crippen molar-refractivity contribution in [1.29, 1.82) is 0 Å². The minimum Gasteiger partial charge on any atom is -0.495 e. The lowest BCUT2D eigenvalue weighted by atomic mass is 10.0. The molecule has 0 radical (unpaired) electrons. The van der Waals surface area contributed by atoms with E-state index in [4.69, 9.17) is 4.74 Å². The highest BCUT2D eigenvalue weighted by Gasteiger charge is 2.22. The van der Waals surface area contributed by atoms with Crippen LogP contribution >= 0.6 is 0 Å². The van der Waals surface area contributed by atoms with E-state index in [0.29, 0.717) is 5.75 Å². The summed E-state index contributed by atoms with van der Waals surface area (Å²) in [6, 6.07) is 12.0. The molecule has 0 saturated carbocycles. The van der Waals surface area contributed by atoms with Crippen molar-refractivity contribution in [3.63, 3.8) is 0 Å². The van der Waals surface area contributed by atoms with E-state index >= 15 is 0 Å². The Balaban J connectivity index is 2.14. The lowest BCUT2D eigenvalue weighted by molar-refractivity contribution is 0.0693. The first kappa shape index (κ1) is 15.4.